The van der Waals surface area contributed by atoms with Crippen molar-refractivity contribution in [2.24, 2.45) is 0 Å². The van der Waals surface area contributed by atoms with Crippen molar-refractivity contribution in [3.63, 3.8) is 0 Å². The summed E-state index contributed by atoms with van der Waals surface area (Å²) in [6.07, 6.45) is -2.36. The minimum Gasteiger partial charge on any atom is -0.477 e. The number of piperidine rings is 1. The molecule has 1 spiro atoms. The number of carbonyl (C=O) groups is 5. The molecule has 1 aromatic rings. The summed E-state index contributed by atoms with van der Waals surface area (Å²) >= 11 is 0. The van der Waals surface area contributed by atoms with Crippen LogP contribution in [-0.4, -0.2) is 100 Å². The van der Waals surface area contributed by atoms with Crippen LogP contribution in [-0.2, 0) is 49.9 Å². The maximum Gasteiger partial charge on any atom is 0.514 e. The molecule has 1 fully saturated rings. The first-order chi connectivity index (χ1) is 24.3. The first-order valence-corrected chi connectivity index (χ1v) is 17.8. The van der Waals surface area contributed by atoms with Crippen LogP contribution in [0.25, 0.3) is 0 Å². The molecule has 53 heavy (non-hydrogen) atoms. The Hall–Kier alpha value is -4.37. The van der Waals surface area contributed by atoms with Crippen molar-refractivity contribution >= 4 is 30.2 Å². The van der Waals surface area contributed by atoms with Crippen LogP contribution in [0.1, 0.15) is 99.6 Å². The zero-order valence-electron chi connectivity index (χ0n) is 32.4. The largest absolute Gasteiger partial charge is 0.514 e. The fourth-order valence-corrected chi connectivity index (χ4v) is 7.56. The van der Waals surface area contributed by atoms with E-state index < -0.39 is 82.6 Å². The Morgan fingerprint density at radius 1 is 0.943 bits per heavy atom. The maximum absolute atomic E-state index is 13.6. The number of rotatable bonds is 8. The predicted octanol–water partition coefficient (Wildman–Crippen LogP) is 4.38. The minimum atomic E-state index is -1.55. The van der Waals surface area contributed by atoms with E-state index in [1.807, 2.05) is 13.1 Å². The van der Waals surface area contributed by atoms with Crippen LogP contribution in [0.2, 0.25) is 0 Å². The van der Waals surface area contributed by atoms with Gasteiger partial charge in [0.2, 0.25) is 0 Å². The van der Waals surface area contributed by atoms with E-state index in [-0.39, 0.29) is 29.7 Å². The molecule has 1 saturated heterocycles. The number of alkyl carbamates (subject to hydrolysis) is 1. The van der Waals surface area contributed by atoms with E-state index in [0.717, 1.165) is 5.56 Å². The van der Waals surface area contributed by atoms with Crippen molar-refractivity contribution in [2.75, 3.05) is 13.6 Å². The van der Waals surface area contributed by atoms with E-state index in [0.29, 0.717) is 24.9 Å². The Kier molecular flexibility index (Phi) is 10.4. The number of hydrogen-bond acceptors (Lipinski definition) is 14. The molecule has 15 heteroatoms. The van der Waals surface area contributed by atoms with E-state index in [2.05, 4.69) is 10.2 Å². The summed E-state index contributed by atoms with van der Waals surface area (Å²) in [5.41, 5.74) is -3.39. The van der Waals surface area contributed by atoms with Crippen molar-refractivity contribution in [3.05, 3.63) is 35.1 Å². The summed E-state index contributed by atoms with van der Waals surface area (Å²) in [7, 11) is 1.95. The van der Waals surface area contributed by atoms with Gasteiger partial charge in [-0.3, -0.25) is 4.79 Å². The van der Waals surface area contributed by atoms with Crippen LogP contribution in [0.15, 0.2) is 24.0 Å². The first-order valence-electron chi connectivity index (χ1n) is 17.8. The highest BCUT2D eigenvalue weighted by Gasteiger charge is 2.72. The molecular formula is C38H52N2O13. The highest BCUT2D eigenvalue weighted by molar-refractivity contribution is 5.88. The van der Waals surface area contributed by atoms with Gasteiger partial charge in [0.15, 0.2) is 23.7 Å². The fourth-order valence-electron chi connectivity index (χ4n) is 7.56. The van der Waals surface area contributed by atoms with Gasteiger partial charge in [0, 0.05) is 18.0 Å². The molecule has 1 amide bonds. The number of likely N-dealkylation sites (tertiary alicyclic amines) is 1. The molecule has 4 aliphatic rings. The summed E-state index contributed by atoms with van der Waals surface area (Å²) in [6.45, 7) is 16.9. The number of likely N-dealkylation sites (N-methyl/N-ethyl adjacent to an activating group) is 1. The fraction of sp³-hybridized carbons (Fsp3) is 0.658. The second-order valence-electron chi connectivity index (χ2n) is 17.1. The van der Waals surface area contributed by atoms with Crippen LogP contribution in [0.4, 0.5) is 9.59 Å². The lowest BCUT2D eigenvalue weighted by atomic mass is 9.50. The third-order valence-electron chi connectivity index (χ3n) is 9.53. The van der Waals surface area contributed by atoms with Gasteiger partial charge in [-0.05, 0) is 113 Å². The van der Waals surface area contributed by atoms with E-state index in [4.69, 9.17) is 33.2 Å². The third kappa shape index (κ3) is 8.10. The van der Waals surface area contributed by atoms with E-state index in [1.165, 1.54) is 6.92 Å². The van der Waals surface area contributed by atoms with Crippen molar-refractivity contribution in [3.8, 4) is 11.5 Å². The van der Waals surface area contributed by atoms with Crippen molar-refractivity contribution in [1.82, 2.24) is 10.2 Å². The molecule has 2 unspecified atom stereocenters. The van der Waals surface area contributed by atoms with Crippen molar-refractivity contribution in [2.45, 2.75) is 147 Å². The number of benzene rings is 1. The first kappa shape index (κ1) is 39.8. The molecule has 5 rings (SSSR count). The molecule has 0 aromatic heterocycles. The molecule has 292 valence electrons. The maximum atomic E-state index is 13.6. The lowest BCUT2D eigenvalue weighted by molar-refractivity contribution is -0.176. The van der Waals surface area contributed by atoms with Gasteiger partial charge in [-0.15, -0.1) is 0 Å². The highest BCUT2D eigenvalue weighted by atomic mass is 16.7. The Morgan fingerprint density at radius 3 is 2.21 bits per heavy atom. The number of ether oxygens (including phenoxy) is 7. The topological polar surface area (TPSA) is 185 Å². The minimum absolute atomic E-state index is 0.0929. The monoisotopic (exact) mass is 744 g/mol. The molecule has 2 heterocycles. The highest BCUT2D eigenvalue weighted by Crippen LogP contribution is 2.65. The Morgan fingerprint density at radius 2 is 1.58 bits per heavy atom. The zero-order chi connectivity index (χ0) is 39.5. The van der Waals surface area contributed by atoms with E-state index in [1.54, 1.807) is 74.5 Å². The summed E-state index contributed by atoms with van der Waals surface area (Å²) in [5.74, 6) is -2.41. The average Bonchev–Trinajstić information content (AvgIpc) is 3.34. The Bertz CT molecular complexity index is 1670. The number of hydrogen-bond donors (Lipinski definition) is 2. The Labute approximate surface area is 309 Å². The summed E-state index contributed by atoms with van der Waals surface area (Å²) in [5, 5.41) is 14.9. The van der Waals surface area contributed by atoms with Crippen molar-refractivity contribution < 1.29 is 62.2 Å². The standard InChI is InChI=1S/C38H52N2O13/c1-20(47-31(43)22(19-26(41)51-34(2,3)4)39-32(44)52-35(5,6)7)30(42)48-24-14-15-38(46)25-18-21-12-13-23(49-33(45)53-36(8,9)10)28-27(21)37(38,29(24)50-28)16-17-40(25)11/h12-14,20,22,25,29,46H,15-19H2,1-11H3,(H,39,44)/t20?,22?,25-,29+,37+,38-/m1/s1. The smallest absolute Gasteiger partial charge is 0.477 e. The van der Waals surface area contributed by atoms with Crippen LogP contribution < -0.4 is 14.8 Å². The predicted molar refractivity (Wildman–Crippen MR) is 187 cm³/mol. The number of amides is 1. The molecule has 2 N–H and O–H groups in total. The lowest BCUT2D eigenvalue weighted by Crippen LogP contribution is -2.74. The van der Waals surface area contributed by atoms with Gasteiger partial charge >= 0.3 is 30.2 Å². The van der Waals surface area contributed by atoms with Crippen LogP contribution in [0.3, 0.4) is 0 Å². The van der Waals surface area contributed by atoms with Gasteiger partial charge in [0.05, 0.1) is 17.4 Å². The number of nitrogens with one attached hydrogen (secondary N) is 1. The second-order valence-corrected chi connectivity index (χ2v) is 17.1. The molecule has 2 aliphatic carbocycles. The molecule has 0 saturated carbocycles. The normalized spacial score (nSPS) is 25.7. The molecule has 2 aliphatic heterocycles. The van der Waals surface area contributed by atoms with Gasteiger partial charge in [-0.25, -0.2) is 19.2 Å². The summed E-state index contributed by atoms with van der Waals surface area (Å²) < 4.78 is 39.5. The molecule has 2 bridgehead atoms. The molecular weight excluding hydrogens is 692 g/mol. The van der Waals surface area contributed by atoms with Gasteiger partial charge in [0.25, 0.3) is 0 Å². The third-order valence-corrected chi connectivity index (χ3v) is 9.53. The van der Waals surface area contributed by atoms with Gasteiger partial charge < -0.3 is 48.5 Å². The zero-order valence-corrected chi connectivity index (χ0v) is 32.4. The van der Waals surface area contributed by atoms with E-state index in [9.17, 15) is 29.1 Å². The quantitative estimate of drug-likeness (QED) is 0.217. The van der Waals surface area contributed by atoms with Crippen LogP contribution >= 0.6 is 0 Å². The average molecular weight is 745 g/mol. The summed E-state index contributed by atoms with van der Waals surface area (Å²) in [6, 6.07) is 1.64. The van der Waals surface area contributed by atoms with Gasteiger partial charge in [-0.2, -0.15) is 0 Å². The number of carbonyl (C=O) groups excluding carboxylic acids is 5. The number of esters is 3. The lowest BCUT2D eigenvalue weighted by Gasteiger charge is -2.61. The summed E-state index contributed by atoms with van der Waals surface area (Å²) in [4.78, 5) is 67.1. The molecule has 0 radical (unpaired) electrons. The van der Waals surface area contributed by atoms with Crippen LogP contribution in [0, 0.1) is 0 Å². The SMILES string of the molecule is CC(OC(=O)C(CC(=O)OC(C)(C)C)NC(=O)OC(C)(C)C)C(=O)OC1=CC[C@@]2(O)[C@H]3Cc4ccc(OC(=O)OC(C)(C)C)c5c4[C@@]2(CCN3C)[C@H]1O5. The van der Waals surface area contributed by atoms with Crippen molar-refractivity contribution in [1.29, 1.82) is 0 Å². The molecule has 6 atom stereocenters. The molecule has 15 nitrogen and oxygen atoms in total. The van der Waals surface area contributed by atoms with Gasteiger partial charge in [0.1, 0.15) is 28.6 Å². The number of aliphatic hydroxyl groups is 1. The van der Waals surface area contributed by atoms with Crippen LogP contribution in [0.5, 0.6) is 11.5 Å². The molecule has 1 aromatic carbocycles. The Balaban J connectivity index is 1.38. The van der Waals surface area contributed by atoms with E-state index >= 15 is 0 Å². The number of nitrogens with zero attached hydrogens (tertiary/aromatic N) is 1. The second kappa shape index (κ2) is 13.8. The van der Waals surface area contributed by atoms with Gasteiger partial charge in [-0.1, -0.05) is 6.07 Å².